The molecule has 1 aliphatic carbocycles. The van der Waals surface area contributed by atoms with E-state index in [2.05, 4.69) is 24.5 Å². The van der Waals surface area contributed by atoms with E-state index in [-0.39, 0.29) is 22.5 Å². The van der Waals surface area contributed by atoms with Gasteiger partial charge in [0.25, 0.3) is 23.2 Å². The van der Waals surface area contributed by atoms with E-state index < -0.39 is 27.3 Å². The number of nitrogens with one attached hydrogen (secondary N) is 2. The van der Waals surface area contributed by atoms with E-state index in [1.165, 1.54) is 102 Å². The highest BCUT2D eigenvalue weighted by atomic mass is 32.2. The largest absolute Gasteiger partial charge is 0.329 e. The highest BCUT2D eigenvalue weighted by molar-refractivity contribution is 7.98. The van der Waals surface area contributed by atoms with Gasteiger partial charge in [0, 0.05) is 45.9 Å². The van der Waals surface area contributed by atoms with Crippen LogP contribution in [0.2, 0.25) is 0 Å². The first-order valence-electron chi connectivity index (χ1n) is 20.5. The minimum absolute atomic E-state index is 0.0869. The third-order valence-electron chi connectivity index (χ3n) is 10.3. The molecular weight excluding hydrogens is 721 g/mol. The van der Waals surface area contributed by atoms with Gasteiger partial charge in [-0.15, -0.1) is 0 Å². The molecule has 2 N–H and O–H groups in total. The van der Waals surface area contributed by atoms with Gasteiger partial charge in [0.05, 0.1) is 9.85 Å². The fraction of sp³-hybridized carbons (Fsp3) is 0.667. The molecule has 0 bridgehead atoms. The molecule has 2 amide bonds. The molecule has 54 heavy (non-hydrogen) atoms. The fourth-order valence-corrected chi connectivity index (χ4v) is 9.08. The molecule has 0 aromatic heterocycles. The number of nitrogens with zero attached hydrogens (tertiary/aromatic N) is 2. The average molecular weight is 785 g/mol. The van der Waals surface area contributed by atoms with E-state index in [0.29, 0.717) is 35.5 Å². The average Bonchev–Trinajstić information content (AvgIpc) is 3.16. The zero-order chi connectivity index (χ0) is 39.0. The lowest BCUT2D eigenvalue weighted by Gasteiger charge is -2.39. The van der Waals surface area contributed by atoms with Crippen molar-refractivity contribution in [2.75, 3.05) is 11.5 Å². The Morgan fingerprint density at radius 1 is 0.593 bits per heavy atom. The number of nitro benzene ring substituents is 2. The molecule has 12 heteroatoms. The predicted molar refractivity (Wildman–Crippen MR) is 224 cm³/mol. The monoisotopic (exact) mass is 784 g/mol. The standard InChI is InChI=1S/C42H64N4O6S2/c1-3-5-7-9-11-13-15-20-28-53-32-36-24-22-34(30-38(36)45(49)50)40(47)43-42(26-18-17-19-27-42)44-41(48)35-23-25-37(39(31-35)46(51)52)33-54-29-21-16-14-12-10-8-6-4-2/h22-25,30-31H,3-21,26-29,32-33H2,1-2H3,(H,43,47)(H,44,48). The number of hydrogen-bond donors (Lipinski definition) is 2. The predicted octanol–water partition coefficient (Wildman–Crippen LogP) is 12.1. The van der Waals surface area contributed by atoms with Crippen LogP contribution >= 0.6 is 23.5 Å². The maximum Gasteiger partial charge on any atom is 0.274 e. The van der Waals surface area contributed by atoms with Crippen molar-refractivity contribution in [1.29, 1.82) is 0 Å². The number of thioether (sulfide) groups is 2. The molecule has 0 saturated heterocycles. The maximum atomic E-state index is 13.6. The lowest BCUT2D eigenvalue weighted by atomic mass is 9.88. The van der Waals surface area contributed by atoms with Crippen molar-refractivity contribution in [2.45, 2.75) is 166 Å². The summed E-state index contributed by atoms with van der Waals surface area (Å²) in [6, 6.07) is 9.20. The highest BCUT2D eigenvalue weighted by Gasteiger charge is 2.36. The van der Waals surface area contributed by atoms with Crippen LogP contribution in [0.15, 0.2) is 36.4 Å². The fourth-order valence-electron chi connectivity index (χ4n) is 7.05. The Balaban J connectivity index is 1.57. The van der Waals surface area contributed by atoms with Crippen LogP contribution in [0.25, 0.3) is 0 Å². The smallest absolute Gasteiger partial charge is 0.274 e. The second kappa shape index (κ2) is 25.9. The Morgan fingerprint density at radius 3 is 1.33 bits per heavy atom. The topological polar surface area (TPSA) is 144 Å². The molecule has 1 fully saturated rings. The van der Waals surface area contributed by atoms with Crippen molar-refractivity contribution in [1.82, 2.24) is 10.6 Å². The van der Waals surface area contributed by atoms with Gasteiger partial charge in [-0.25, -0.2) is 0 Å². The van der Waals surface area contributed by atoms with Crippen molar-refractivity contribution in [2.24, 2.45) is 0 Å². The summed E-state index contributed by atoms with van der Waals surface area (Å²) < 4.78 is 0. The Hall–Kier alpha value is -3.12. The number of nitro groups is 2. The summed E-state index contributed by atoms with van der Waals surface area (Å²) in [6.07, 6.45) is 23.2. The molecule has 300 valence electrons. The Labute approximate surface area is 331 Å². The summed E-state index contributed by atoms with van der Waals surface area (Å²) in [7, 11) is 0. The molecule has 2 aromatic rings. The Bertz CT molecular complexity index is 1360. The molecule has 2 aromatic carbocycles. The minimum atomic E-state index is -1.08. The highest BCUT2D eigenvalue weighted by Crippen LogP contribution is 2.30. The Kier molecular flexibility index (Phi) is 21.7. The number of carbonyl (C=O) groups is 2. The van der Waals surface area contributed by atoms with Gasteiger partial charge in [-0.2, -0.15) is 23.5 Å². The normalized spacial score (nSPS) is 13.7. The summed E-state index contributed by atoms with van der Waals surface area (Å²) >= 11 is 3.35. The van der Waals surface area contributed by atoms with E-state index >= 15 is 0 Å². The summed E-state index contributed by atoms with van der Waals surface area (Å²) in [5, 5.41) is 30.1. The number of carbonyl (C=O) groups excluding carboxylic acids is 2. The first-order chi connectivity index (χ1) is 26.2. The second-order valence-electron chi connectivity index (χ2n) is 14.8. The SMILES string of the molecule is CCCCCCCCCCSCc1ccc(C(=O)NC2(NC(=O)c3ccc(CSCCCCCCCCCC)c([N+](=O)[O-])c3)CCCCC2)cc1[N+](=O)[O-]. The molecule has 3 rings (SSSR count). The quantitative estimate of drug-likeness (QED) is 0.0375. The van der Waals surface area contributed by atoms with Gasteiger partial charge in [0.1, 0.15) is 5.66 Å². The van der Waals surface area contributed by atoms with E-state index in [1.807, 2.05) is 0 Å². The van der Waals surface area contributed by atoms with Crippen LogP contribution < -0.4 is 10.6 Å². The maximum absolute atomic E-state index is 13.6. The van der Waals surface area contributed by atoms with Gasteiger partial charge in [-0.3, -0.25) is 29.8 Å². The number of unbranched alkanes of at least 4 members (excludes halogenated alkanes) is 14. The number of hydrogen-bond acceptors (Lipinski definition) is 8. The lowest BCUT2D eigenvalue weighted by Crippen LogP contribution is -2.61. The van der Waals surface area contributed by atoms with Crippen LogP contribution in [-0.4, -0.2) is 38.8 Å². The van der Waals surface area contributed by atoms with Crippen LogP contribution in [0.1, 0.15) is 181 Å². The van der Waals surface area contributed by atoms with Gasteiger partial charge in [-0.05, 0) is 62.2 Å². The third kappa shape index (κ3) is 16.3. The molecule has 0 heterocycles. The van der Waals surface area contributed by atoms with Gasteiger partial charge in [-0.1, -0.05) is 122 Å². The molecule has 10 nitrogen and oxygen atoms in total. The summed E-state index contributed by atoms with van der Waals surface area (Å²) in [4.78, 5) is 50.4. The molecule has 0 unspecified atom stereocenters. The molecule has 1 saturated carbocycles. The second-order valence-corrected chi connectivity index (χ2v) is 17.0. The van der Waals surface area contributed by atoms with Gasteiger partial charge in [0.15, 0.2) is 0 Å². The van der Waals surface area contributed by atoms with E-state index in [0.717, 1.165) is 43.6 Å². The van der Waals surface area contributed by atoms with Crippen molar-refractivity contribution in [3.05, 3.63) is 78.9 Å². The van der Waals surface area contributed by atoms with Gasteiger partial charge < -0.3 is 10.6 Å². The van der Waals surface area contributed by atoms with E-state index in [4.69, 9.17) is 0 Å². The molecule has 0 aliphatic heterocycles. The zero-order valence-corrected chi connectivity index (χ0v) is 34.4. The van der Waals surface area contributed by atoms with Crippen molar-refractivity contribution >= 4 is 46.7 Å². The number of benzene rings is 2. The molecular formula is C42H64N4O6S2. The van der Waals surface area contributed by atoms with Crippen molar-refractivity contribution < 1.29 is 19.4 Å². The van der Waals surface area contributed by atoms with Crippen molar-refractivity contribution in [3.63, 3.8) is 0 Å². The van der Waals surface area contributed by atoms with Crippen LogP contribution in [0, 0.1) is 20.2 Å². The number of rotatable bonds is 28. The number of amides is 2. The first kappa shape index (κ1) is 45.3. The van der Waals surface area contributed by atoms with E-state index in [1.54, 1.807) is 47.8 Å². The zero-order valence-electron chi connectivity index (χ0n) is 32.8. The lowest BCUT2D eigenvalue weighted by molar-refractivity contribution is -0.385. The summed E-state index contributed by atoms with van der Waals surface area (Å²) in [5.41, 5.74) is 0.221. The third-order valence-corrected chi connectivity index (χ3v) is 12.5. The first-order valence-corrected chi connectivity index (χ1v) is 22.9. The Morgan fingerprint density at radius 2 is 0.963 bits per heavy atom. The van der Waals surface area contributed by atoms with Crippen LogP contribution in [0.3, 0.4) is 0 Å². The molecule has 1 aliphatic rings. The minimum Gasteiger partial charge on any atom is -0.329 e. The molecule has 0 spiro atoms. The molecule has 0 radical (unpaired) electrons. The van der Waals surface area contributed by atoms with Crippen LogP contribution in [0.5, 0.6) is 0 Å². The van der Waals surface area contributed by atoms with Crippen LogP contribution in [-0.2, 0) is 11.5 Å². The van der Waals surface area contributed by atoms with Crippen LogP contribution in [0.4, 0.5) is 11.4 Å². The summed E-state index contributed by atoms with van der Waals surface area (Å²) in [5.74, 6) is 1.85. The van der Waals surface area contributed by atoms with E-state index in [9.17, 15) is 29.8 Å². The van der Waals surface area contributed by atoms with Crippen molar-refractivity contribution in [3.8, 4) is 0 Å². The van der Waals surface area contributed by atoms with Gasteiger partial charge in [0.2, 0.25) is 0 Å². The van der Waals surface area contributed by atoms with Gasteiger partial charge >= 0.3 is 0 Å². The summed E-state index contributed by atoms with van der Waals surface area (Å²) in [6.45, 7) is 4.44. The molecule has 0 atom stereocenters.